The Bertz CT molecular complexity index is 1380. The highest BCUT2D eigenvalue weighted by Crippen LogP contribution is 2.33. The van der Waals surface area contributed by atoms with Crippen molar-refractivity contribution in [3.05, 3.63) is 75.8 Å². The molecule has 0 unspecified atom stereocenters. The number of oxazole rings is 1. The number of benzene rings is 3. The molecule has 0 bridgehead atoms. The molecule has 0 fully saturated rings. The third-order valence-corrected chi connectivity index (χ3v) is 5.49. The third-order valence-electron chi connectivity index (χ3n) is 4.99. The zero-order valence-corrected chi connectivity index (χ0v) is 19.6. The minimum atomic E-state index is -0.323. The quantitative estimate of drug-likeness (QED) is 0.306. The summed E-state index contributed by atoms with van der Waals surface area (Å²) in [5.41, 5.74) is 4.19. The number of amides is 1. The first-order valence-electron chi connectivity index (χ1n) is 9.95. The van der Waals surface area contributed by atoms with E-state index < -0.39 is 0 Å². The lowest BCUT2D eigenvalue weighted by Gasteiger charge is -2.09. The highest BCUT2D eigenvalue weighted by molar-refractivity contribution is 6.36. The van der Waals surface area contributed by atoms with Gasteiger partial charge in [-0.05, 0) is 55.0 Å². The molecule has 1 amide bonds. The predicted octanol–water partition coefficient (Wildman–Crippen LogP) is 6.78. The number of aryl methyl sites for hydroxylation is 1. The number of ether oxygens (including phenoxy) is 2. The fourth-order valence-electron chi connectivity index (χ4n) is 3.31. The van der Waals surface area contributed by atoms with Gasteiger partial charge in [0.05, 0.1) is 19.2 Å². The lowest BCUT2D eigenvalue weighted by Crippen LogP contribution is -2.09. The summed E-state index contributed by atoms with van der Waals surface area (Å²) in [5.74, 6) is 1.26. The molecule has 3 aromatic carbocycles. The number of halogens is 2. The van der Waals surface area contributed by atoms with Crippen LogP contribution < -0.4 is 14.8 Å². The van der Waals surface area contributed by atoms with Crippen LogP contribution in [0.15, 0.2) is 59.0 Å². The molecule has 1 aromatic heterocycles. The molecule has 0 saturated heterocycles. The Morgan fingerprint density at radius 1 is 1.06 bits per heavy atom. The van der Waals surface area contributed by atoms with E-state index in [0.29, 0.717) is 49.8 Å². The Morgan fingerprint density at radius 2 is 1.88 bits per heavy atom. The number of anilines is 1. The molecule has 0 aliphatic rings. The summed E-state index contributed by atoms with van der Waals surface area (Å²) in [6.07, 6.45) is 2.99. The average molecular weight is 483 g/mol. The van der Waals surface area contributed by atoms with Gasteiger partial charge in [0, 0.05) is 34.0 Å². The number of fused-ring (bicyclic) bond motifs is 1. The number of carbonyl (C=O) groups is 1. The van der Waals surface area contributed by atoms with Crippen molar-refractivity contribution in [2.75, 3.05) is 19.5 Å². The summed E-state index contributed by atoms with van der Waals surface area (Å²) in [4.78, 5) is 17.1. The van der Waals surface area contributed by atoms with Crippen LogP contribution in [0.4, 0.5) is 5.69 Å². The number of carbonyl (C=O) groups excluding carboxylic acids is 1. The maximum absolute atomic E-state index is 12.6. The van der Waals surface area contributed by atoms with E-state index in [4.69, 9.17) is 37.1 Å². The molecule has 4 rings (SSSR count). The zero-order valence-electron chi connectivity index (χ0n) is 18.1. The number of hydrogen-bond donors (Lipinski definition) is 1. The minimum absolute atomic E-state index is 0.323. The van der Waals surface area contributed by atoms with Gasteiger partial charge >= 0.3 is 0 Å². The van der Waals surface area contributed by atoms with Crippen molar-refractivity contribution < 1.29 is 18.7 Å². The summed E-state index contributed by atoms with van der Waals surface area (Å²) < 4.78 is 16.4. The Kier molecular flexibility index (Phi) is 6.58. The number of nitrogens with one attached hydrogen (secondary N) is 1. The smallest absolute Gasteiger partial charge is 0.248 e. The molecule has 0 saturated carbocycles. The molecular weight excluding hydrogens is 463 g/mol. The van der Waals surface area contributed by atoms with Crippen molar-refractivity contribution in [3.63, 3.8) is 0 Å². The molecule has 8 heteroatoms. The monoisotopic (exact) mass is 482 g/mol. The molecule has 33 heavy (non-hydrogen) atoms. The number of rotatable bonds is 6. The number of hydrogen-bond acceptors (Lipinski definition) is 5. The van der Waals surface area contributed by atoms with Gasteiger partial charge in [0.25, 0.3) is 0 Å². The second-order valence-electron chi connectivity index (χ2n) is 7.22. The normalized spacial score (nSPS) is 11.2. The standard InChI is InChI=1S/C25H20Cl2N2O4/c1-14-4-5-16(25-29-21-13-18(31-2)7-8-22(21)33-25)11-20(14)28-23(30)9-6-15-10-17(26)12-19(27)24(15)32-3/h4-13H,1-3H3,(H,28,30). The van der Waals surface area contributed by atoms with E-state index in [9.17, 15) is 4.79 Å². The van der Waals surface area contributed by atoms with Crippen molar-refractivity contribution in [3.8, 4) is 23.0 Å². The third kappa shape index (κ3) is 4.97. The van der Waals surface area contributed by atoms with Crippen LogP contribution in [0.2, 0.25) is 10.0 Å². The summed E-state index contributed by atoms with van der Waals surface area (Å²) in [6, 6.07) is 14.3. The van der Waals surface area contributed by atoms with Crippen molar-refractivity contribution in [2.45, 2.75) is 6.92 Å². The first-order valence-corrected chi connectivity index (χ1v) is 10.7. The lowest BCUT2D eigenvalue weighted by molar-refractivity contribution is -0.111. The van der Waals surface area contributed by atoms with E-state index in [1.165, 1.54) is 13.2 Å². The van der Waals surface area contributed by atoms with Crippen molar-refractivity contribution in [1.82, 2.24) is 4.98 Å². The van der Waals surface area contributed by atoms with E-state index in [1.807, 2.05) is 37.3 Å². The van der Waals surface area contributed by atoms with Gasteiger partial charge in [-0.2, -0.15) is 0 Å². The van der Waals surface area contributed by atoms with Crippen LogP contribution in [0.25, 0.3) is 28.6 Å². The minimum Gasteiger partial charge on any atom is -0.497 e. The summed E-state index contributed by atoms with van der Waals surface area (Å²) in [7, 11) is 3.10. The molecule has 0 atom stereocenters. The fraction of sp³-hybridized carbons (Fsp3) is 0.120. The Hall–Kier alpha value is -3.48. The second-order valence-corrected chi connectivity index (χ2v) is 8.06. The van der Waals surface area contributed by atoms with Crippen LogP contribution >= 0.6 is 23.2 Å². The molecule has 0 aliphatic carbocycles. The maximum atomic E-state index is 12.6. The first-order chi connectivity index (χ1) is 15.9. The van der Waals surface area contributed by atoms with Gasteiger partial charge in [0.1, 0.15) is 17.0 Å². The topological polar surface area (TPSA) is 73.6 Å². The van der Waals surface area contributed by atoms with Crippen LogP contribution in [0.1, 0.15) is 11.1 Å². The van der Waals surface area contributed by atoms with Crippen LogP contribution in [0, 0.1) is 6.92 Å². The van der Waals surface area contributed by atoms with E-state index in [-0.39, 0.29) is 5.91 Å². The first kappa shape index (κ1) is 22.7. The lowest BCUT2D eigenvalue weighted by atomic mass is 10.1. The van der Waals surface area contributed by atoms with Crippen LogP contribution in [-0.2, 0) is 4.79 Å². The van der Waals surface area contributed by atoms with Gasteiger partial charge in [-0.25, -0.2) is 4.98 Å². The Morgan fingerprint density at radius 3 is 2.64 bits per heavy atom. The number of nitrogens with zero attached hydrogens (tertiary/aromatic N) is 1. The summed E-state index contributed by atoms with van der Waals surface area (Å²) >= 11 is 12.2. The SMILES string of the molecule is COc1ccc2oc(-c3ccc(C)c(NC(=O)C=Cc4cc(Cl)cc(Cl)c4OC)c3)nc2c1. The molecule has 1 heterocycles. The van der Waals surface area contributed by atoms with E-state index in [1.54, 1.807) is 31.4 Å². The van der Waals surface area contributed by atoms with Crippen LogP contribution in [0.3, 0.4) is 0 Å². The van der Waals surface area contributed by atoms with Gasteiger partial charge < -0.3 is 19.2 Å². The summed E-state index contributed by atoms with van der Waals surface area (Å²) in [5, 5.41) is 3.70. The van der Waals surface area contributed by atoms with Gasteiger partial charge in [-0.1, -0.05) is 29.3 Å². The van der Waals surface area contributed by atoms with Gasteiger partial charge in [0.2, 0.25) is 11.8 Å². The molecule has 0 spiro atoms. The summed E-state index contributed by atoms with van der Waals surface area (Å²) in [6.45, 7) is 1.90. The predicted molar refractivity (Wildman–Crippen MR) is 131 cm³/mol. The molecule has 4 aromatic rings. The maximum Gasteiger partial charge on any atom is 0.248 e. The fourth-order valence-corrected chi connectivity index (χ4v) is 3.89. The Labute approximate surface area is 200 Å². The van der Waals surface area contributed by atoms with Crippen molar-refractivity contribution >= 4 is 52.0 Å². The van der Waals surface area contributed by atoms with E-state index >= 15 is 0 Å². The number of aromatic nitrogens is 1. The van der Waals surface area contributed by atoms with E-state index in [2.05, 4.69) is 10.3 Å². The van der Waals surface area contributed by atoms with Gasteiger partial charge in [0.15, 0.2) is 5.58 Å². The highest BCUT2D eigenvalue weighted by Gasteiger charge is 2.12. The number of methoxy groups -OCH3 is 2. The molecule has 6 nitrogen and oxygen atoms in total. The molecule has 0 aliphatic heterocycles. The average Bonchev–Trinajstić information content (AvgIpc) is 3.22. The zero-order chi connectivity index (χ0) is 23.5. The largest absolute Gasteiger partial charge is 0.497 e. The highest BCUT2D eigenvalue weighted by atomic mass is 35.5. The van der Waals surface area contributed by atoms with Gasteiger partial charge in [-0.3, -0.25) is 4.79 Å². The van der Waals surface area contributed by atoms with Crippen LogP contribution in [0.5, 0.6) is 11.5 Å². The molecule has 0 radical (unpaired) electrons. The molecular formula is C25H20Cl2N2O4. The molecule has 168 valence electrons. The van der Waals surface area contributed by atoms with Crippen molar-refractivity contribution in [2.24, 2.45) is 0 Å². The Balaban J connectivity index is 1.58. The second kappa shape index (κ2) is 9.57. The van der Waals surface area contributed by atoms with Crippen molar-refractivity contribution in [1.29, 1.82) is 0 Å². The van der Waals surface area contributed by atoms with Gasteiger partial charge in [-0.15, -0.1) is 0 Å². The van der Waals surface area contributed by atoms with Crippen LogP contribution in [-0.4, -0.2) is 25.1 Å². The molecule has 1 N–H and O–H groups in total. The van der Waals surface area contributed by atoms with E-state index in [0.717, 1.165) is 11.1 Å².